The molecule has 1 saturated carbocycles. The van der Waals surface area contributed by atoms with Crippen LogP contribution in [0.25, 0.3) is 5.52 Å². The molecule has 0 spiro atoms. The Hall–Kier alpha value is -1.35. The van der Waals surface area contributed by atoms with Gasteiger partial charge in [0.1, 0.15) is 0 Å². The highest BCUT2D eigenvalue weighted by Gasteiger charge is 2.29. The Balaban J connectivity index is 1.70. The van der Waals surface area contributed by atoms with E-state index in [1.54, 1.807) is 0 Å². The summed E-state index contributed by atoms with van der Waals surface area (Å²) in [5.74, 6) is 1.64. The molecular formula is C15H21N3. The molecule has 2 heterocycles. The van der Waals surface area contributed by atoms with Crippen LogP contribution in [0.1, 0.15) is 32.3 Å². The molecule has 3 atom stereocenters. The topological polar surface area (TPSA) is 29.3 Å². The molecule has 18 heavy (non-hydrogen) atoms. The van der Waals surface area contributed by atoms with Gasteiger partial charge in [0.2, 0.25) is 0 Å². The lowest BCUT2D eigenvalue weighted by Gasteiger charge is -2.19. The fourth-order valence-corrected chi connectivity index (χ4v) is 3.02. The lowest BCUT2D eigenvalue weighted by molar-refractivity contribution is 0.370. The molecule has 0 saturated heterocycles. The van der Waals surface area contributed by atoms with E-state index in [1.165, 1.54) is 23.9 Å². The van der Waals surface area contributed by atoms with Gasteiger partial charge in [-0.2, -0.15) is 5.10 Å². The number of aromatic nitrogens is 2. The highest BCUT2D eigenvalue weighted by molar-refractivity contribution is 5.53. The minimum Gasteiger partial charge on any atom is -0.310 e. The maximum Gasteiger partial charge on any atom is 0.0706 e. The first-order valence-electron chi connectivity index (χ1n) is 6.90. The SMILES string of the molecule is CC1CCC(NCc2cnn3ccccc23)C1C. The van der Waals surface area contributed by atoms with Crippen molar-refractivity contribution in [2.75, 3.05) is 0 Å². The summed E-state index contributed by atoms with van der Waals surface area (Å²) >= 11 is 0. The fourth-order valence-electron chi connectivity index (χ4n) is 3.02. The average molecular weight is 243 g/mol. The zero-order chi connectivity index (χ0) is 12.5. The molecular weight excluding hydrogens is 222 g/mol. The molecule has 3 unspecified atom stereocenters. The molecule has 1 fully saturated rings. The lowest BCUT2D eigenvalue weighted by Crippen LogP contribution is -2.31. The smallest absolute Gasteiger partial charge is 0.0706 e. The van der Waals surface area contributed by atoms with Gasteiger partial charge in [-0.3, -0.25) is 0 Å². The van der Waals surface area contributed by atoms with E-state index in [0.717, 1.165) is 18.4 Å². The van der Waals surface area contributed by atoms with E-state index in [-0.39, 0.29) is 0 Å². The molecule has 1 N–H and O–H groups in total. The standard InChI is InChI=1S/C15H21N3/c1-11-6-7-14(12(11)2)16-9-13-10-17-18-8-4-3-5-15(13)18/h3-5,8,10-12,14,16H,6-7,9H2,1-2H3. The minimum atomic E-state index is 0.665. The Labute approximate surface area is 108 Å². The van der Waals surface area contributed by atoms with Crippen molar-refractivity contribution in [3.05, 3.63) is 36.2 Å². The third-order valence-corrected chi connectivity index (χ3v) is 4.53. The largest absolute Gasteiger partial charge is 0.310 e. The third kappa shape index (κ3) is 2.03. The molecule has 1 aliphatic rings. The van der Waals surface area contributed by atoms with Crippen molar-refractivity contribution in [3.8, 4) is 0 Å². The van der Waals surface area contributed by atoms with E-state index < -0.39 is 0 Å². The van der Waals surface area contributed by atoms with Crippen LogP contribution in [0.4, 0.5) is 0 Å². The summed E-state index contributed by atoms with van der Waals surface area (Å²) < 4.78 is 1.94. The highest BCUT2D eigenvalue weighted by Crippen LogP contribution is 2.31. The van der Waals surface area contributed by atoms with Gasteiger partial charge < -0.3 is 5.32 Å². The minimum absolute atomic E-state index is 0.665. The zero-order valence-electron chi connectivity index (χ0n) is 11.1. The summed E-state index contributed by atoms with van der Waals surface area (Å²) in [6.07, 6.45) is 6.64. The molecule has 0 radical (unpaired) electrons. The number of nitrogens with one attached hydrogen (secondary N) is 1. The molecule has 2 aromatic heterocycles. The van der Waals surface area contributed by atoms with Gasteiger partial charge in [-0.05, 0) is 36.8 Å². The summed E-state index contributed by atoms with van der Waals surface area (Å²) in [4.78, 5) is 0. The van der Waals surface area contributed by atoms with Gasteiger partial charge in [0.05, 0.1) is 11.7 Å². The van der Waals surface area contributed by atoms with Gasteiger partial charge in [-0.15, -0.1) is 0 Å². The van der Waals surface area contributed by atoms with Gasteiger partial charge in [0.15, 0.2) is 0 Å². The molecule has 2 aromatic rings. The van der Waals surface area contributed by atoms with Crippen molar-refractivity contribution in [2.24, 2.45) is 11.8 Å². The maximum absolute atomic E-state index is 4.37. The number of rotatable bonds is 3. The van der Waals surface area contributed by atoms with Crippen LogP contribution in [-0.2, 0) is 6.54 Å². The Morgan fingerprint density at radius 1 is 1.33 bits per heavy atom. The third-order valence-electron chi connectivity index (χ3n) is 4.53. The van der Waals surface area contributed by atoms with E-state index in [0.29, 0.717) is 6.04 Å². The average Bonchev–Trinajstić information content (AvgIpc) is 2.94. The monoisotopic (exact) mass is 243 g/mol. The van der Waals surface area contributed by atoms with Crippen LogP contribution in [-0.4, -0.2) is 15.7 Å². The summed E-state index contributed by atoms with van der Waals surface area (Å²) in [5.41, 5.74) is 2.51. The fraction of sp³-hybridized carbons (Fsp3) is 0.533. The Morgan fingerprint density at radius 2 is 2.22 bits per heavy atom. The van der Waals surface area contributed by atoms with E-state index >= 15 is 0 Å². The van der Waals surface area contributed by atoms with E-state index in [4.69, 9.17) is 0 Å². The van der Waals surface area contributed by atoms with Crippen LogP contribution < -0.4 is 5.32 Å². The van der Waals surface area contributed by atoms with Gasteiger partial charge in [-0.25, -0.2) is 4.52 Å². The predicted molar refractivity (Wildman–Crippen MR) is 73.4 cm³/mol. The molecule has 0 amide bonds. The molecule has 3 heteroatoms. The summed E-state index contributed by atoms with van der Waals surface area (Å²) in [6, 6.07) is 6.88. The summed E-state index contributed by atoms with van der Waals surface area (Å²) in [5, 5.41) is 8.08. The molecule has 3 nitrogen and oxygen atoms in total. The quantitative estimate of drug-likeness (QED) is 0.898. The molecule has 0 aromatic carbocycles. The normalized spacial score (nSPS) is 28.0. The number of nitrogens with zero attached hydrogens (tertiary/aromatic N) is 2. The number of fused-ring (bicyclic) bond motifs is 1. The van der Waals surface area contributed by atoms with Gasteiger partial charge >= 0.3 is 0 Å². The second-order valence-electron chi connectivity index (χ2n) is 5.60. The number of hydrogen-bond acceptors (Lipinski definition) is 2. The van der Waals surface area contributed by atoms with Crippen LogP contribution in [0.15, 0.2) is 30.6 Å². The summed E-state index contributed by atoms with van der Waals surface area (Å²) in [6.45, 7) is 5.66. The second-order valence-corrected chi connectivity index (χ2v) is 5.60. The van der Waals surface area contributed by atoms with Gasteiger partial charge in [0.25, 0.3) is 0 Å². The first kappa shape index (κ1) is 11.7. The molecule has 1 aliphatic carbocycles. The Bertz CT molecular complexity index is 531. The van der Waals surface area contributed by atoms with Crippen molar-refractivity contribution in [2.45, 2.75) is 39.3 Å². The highest BCUT2D eigenvalue weighted by atomic mass is 15.2. The van der Waals surface area contributed by atoms with Crippen molar-refractivity contribution >= 4 is 5.52 Å². The first-order chi connectivity index (χ1) is 8.75. The molecule has 96 valence electrons. The van der Waals surface area contributed by atoms with Crippen LogP contribution >= 0.6 is 0 Å². The van der Waals surface area contributed by atoms with Crippen molar-refractivity contribution in [1.82, 2.24) is 14.9 Å². The summed E-state index contributed by atoms with van der Waals surface area (Å²) in [7, 11) is 0. The maximum atomic E-state index is 4.37. The molecule has 3 rings (SSSR count). The predicted octanol–water partition coefficient (Wildman–Crippen LogP) is 2.86. The second kappa shape index (κ2) is 4.73. The van der Waals surface area contributed by atoms with E-state index in [2.05, 4.69) is 36.4 Å². The van der Waals surface area contributed by atoms with Crippen LogP contribution in [0.3, 0.4) is 0 Å². The van der Waals surface area contributed by atoms with Gasteiger partial charge in [-0.1, -0.05) is 19.9 Å². The first-order valence-corrected chi connectivity index (χ1v) is 6.90. The van der Waals surface area contributed by atoms with Gasteiger partial charge in [0, 0.05) is 24.3 Å². The number of pyridine rings is 1. The van der Waals surface area contributed by atoms with Crippen LogP contribution in [0.2, 0.25) is 0 Å². The van der Waals surface area contributed by atoms with Crippen LogP contribution in [0.5, 0.6) is 0 Å². The van der Waals surface area contributed by atoms with E-state index in [9.17, 15) is 0 Å². The Morgan fingerprint density at radius 3 is 3.00 bits per heavy atom. The molecule has 0 bridgehead atoms. The zero-order valence-corrected chi connectivity index (χ0v) is 11.1. The number of hydrogen-bond donors (Lipinski definition) is 1. The van der Waals surface area contributed by atoms with Crippen molar-refractivity contribution < 1.29 is 0 Å². The van der Waals surface area contributed by atoms with Crippen molar-refractivity contribution in [3.63, 3.8) is 0 Å². The lowest BCUT2D eigenvalue weighted by atomic mass is 9.98. The molecule has 0 aliphatic heterocycles. The van der Waals surface area contributed by atoms with Crippen LogP contribution in [0, 0.1) is 11.8 Å². The van der Waals surface area contributed by atoms with E-state index in [1.807, 2.05) is 23.0 Å². The Kier molecular flexibility index (Phi) is 3.08. The van der Waals surface area contributed by atoms with Crippen molar-refractivity contribution in [1.29, 1.82) is 0 Å².